The Hall–Kier alpha value is -1.88. The number of hydrogen-bond acceptors (Lipinski definition) is 3. The maximum Gasteiger partial charge on any atom is 0.320 e. The average molecular weight is 290 g/mol. The van der Waals surface area contributed by atoms with Crippen molar-refractivity contribution < 1.29 is 14.7 Å². The molecule has 1 aliphatic heterocycles. The van der Waals surface area contributed by atoms with E-state index in [9.17, 15) is 14.7 Å². The summed E-state index contributed by atoms with van der Waals surface area (Å²) in [6, 6.07) is 7.20. The third-order valence-electron chi connectivity index (χ3n) is 3.81. The van der Waals surface area contributed by atoms with Gasteiger partial charge in [0.15, 0.2) is 0 Å². The van der Waals surface area contributed by atoms with Crippen LogP contribution in [0.2, 0.25) is 0 Å². The highest BCUT2D eigenvalue weighted by atomic mass is 16.4. The second kappa shape index (κ2) is 7.22. The number of hydrogen-bond donors (Lipinski definition) is 2. The third-order valence-corrected chi connectivity index (χ3v) is 3.81. The molecule has 1 atom stereocenters. The van der Waals surface area contributed by atoms with Gasteiger partial charge in [0, 0.05) is 19.2 Å². The largest absolute Gasteiger partial charge is 0.480 e. The van der Waals surface area contributed by atoms with E-state index >= 15 is 0 Å². The molecule has 1 aliphatic rings. The Morgan fingerprint density at radius 2 is 1.95 bits per heavy atom. The summed E-state index contributed by atoms with van der Waals surface area (Å²) in [5.74, 6) is -0.826. The lowest BCUT2D eigenvalue weighted by atomic mass is 10.1. The fourth-order valence-electron chi connectivity index (χ4n) is 2.77. The van der Waals surface area contributed by atoms with Gasteiger partial charge < -0.3 is 10.4 Å². The van der Waals surface area contributed by atoms with Crippen LogP contribution in [0.4, 0.5) is 5.69 Å². The molecule has 2 N–H and O–H groups in total. The Morgan fingerprint density at radius 3 is 2.57 bits per heavy atom. The van der Waals surface area contributed by atoms with Gasteiger partial charge >= 0.3 is 5.97 Å². The van der Waals surface area contributed by atoms with Crippen LogP contribution < -0.4 is 5.32 Å². The van der Waals surface area contributed by atoms with E-state index in [1.807, 2.05) is 29.2 Å². The van der Waals surface area contributed by atoms with Crippen LogP contribution in [0.15, 0.2) is 24.3 Å². The molecule has 5 nitrogen and oxygen atoms in total. The summed E-state index contributed by atoms with van der Waals surface area (Å²) in [4.78, 5) is 24.4. The number of carbonyl (C=O) groups is 2. The molecule has 114 valence electrons. The van der Waals surface area contributed by atoms with Gasteiger partial charge in [0.05, 0.1) is 0 Å². The van der Waals surface area contributed by atoms with Crippen LogP contribution in [-0.4, -0.2) is 34.5 Å². The number of carboxylic acids is 1. The lowest BCUT2D eigenvalue weighted by Gasteiger charge is -2.26. The molecule has 1 heterocycles. The van der Waals surface area contributed by atoms with Crippen LogP contribution in [0.25, 0.3) is 0 Å². The van der Waals surface area contributed by atoms with Gasteiger partial charge in [-0.1, -0.05) is 25.0 Å². The molecule has 21 heavy (non-hydrogen) atoms. The Bertz CT molecular complexity index is 499. The van der Waals surface area contributed by atoms with Crippen molar-refractivity contribution >= 4 is 17.6 Å². The number of amides is 1. The lowest BCUT2D eigenvalue weighted by molar-refractivity contribution is -0.143. The topological polar surface area (TPSA) is 69.6 Å². The highest BCUT2D eigenvalue weighted by molar-refractivity contribution is 5.88. The summed E-state index contributed by atoms with van der Waals surface area (Å²) >= 11 is 0. The van der Waals surface area contributed by atoms with Gasteiger partial charge in [-0.05, 0) is 37.1 Å². The molecule has 1 amide bonds. The molecule has 0 bridgehead atoms. The van der Waals surface area contributed by atoms with Crippen LogP contribution in [-0.2, 0) is 16.1 Å². The van der Waals surface area contributed by atoms with Gasteiger partial charge in [0.2, 0.25) is 5.91 Å². The number of aliphatic carboxylic acids is 1. The van der Waals surface area contributed by atoms with Gasteiger partial charge in [-0.25, -0.2) is 0 Å². The van der Waals surface area contributed by atoms with Gasteiger partial charge in [-0.3, -0.25) is 14.5 Å². The van der Waals surface area contributed by atoms with Crippen molar-refractivity contribution in [3.05, 3.63) is 29.8 Å². The van der Waals surface area contributed by atoms with E-state index < -0.39 is 5.97 Å². The summed E-state index contributed by atoms with van der Waals surface area (Å²) in [5.41, 5.74) is 1.83. The number of nitrogens with zero attached hydrogens (tertiary/aromatic N) is 1. The summed E-state index contributed by atoms with van der Waals surface area (Å²) in [5, 5.41) is 12.1. The van der Waals surface area contributed by atoms with E-state index in [2.05, 4.69) is 5.32 Å². The zero-order valence-corrected chi connectivity index (χ0v) is 12.3. The summed E-state index contributed by atoms with van der Waals surface area (Å²) in [7, 11) is 0. The normalized spacial score (nSPS) is 19.8. The zero-order valence-electron chi connectivity index (χ0n) is 12.3. The monoisotopic (exact) mass is 290 g/mol. The SMILES string of the molecule is CC(=O)Nc1ccc(CN2CCCCCC2C(=O)O)cc1. The first kappa shape index (κ1) is 15.5. The zero-order chi connectivity index (χ0) is 15.2. The van der Waals surface area contributed by atoms with Gasteiger partial charge in [0.25, 0.3) is 0 Å². The first-order valence-corrected chi connectivity index (χ1v) is 7.39. The number of likely N-dealkylation sites (tertiary alicyclic amines) is 1. The minimum absolute atomic E-state index is 0.0961. The Morgan fingerprint density at radius 1 is 1.24 bits per heavy atom. The van der Waals surface area contributed by atoms with Gasteiger partial charge in [0.1, 0.15) is 6.04 Å². The molecule has 0 aliphatic carbocycles. The second-order valence-electron chi connectivity index (χ2n) is 5.55. The molecule has 0 saturated carbocycles. The fourth-order valence-corrected chi connectivity index (χ4v) is 2.77. The van der Waals surface area contributed by atoms with E-state index in [0.29, 0.717) is 6.54 Å². The van der Waals surface area contributed by atoms with E-state index in [-0.39, 0.29) is 11.9 Å². The molecular formula is C16H22N2O3. The van der Waals surface area contributed by atoms with Crippen molar-refractivity contribution in [1.29, 1.82) is 0 Å². The Kier molecular flexibility index (Phi) is 5.33. The number of anilines is 1. The molecule has 0 spiro atoms. The molecule has 1 aromatic rings. The first-order valence-electron chi connectivity index (χ1n) is 7.39. The Balaban J connectivity index is 2.04. The maximum atomic E-state index is 11.4. The second-order valence-corrected chi connectivity index (χ2v) is 5.55. The highest BCUT2D eigenvalue weighted by Crippen LogP contribution is 2.20. The molecule has 2 rings (SSSR count). The standard InChI is InChI=1S/C16H22N2O3/c1-12(19)17-14-8-6-13(7-9-14)11-18-10-4-2-3-5-15(18)16(20)21/h6-9,15H,2-5,10-11H2,1H3,(H,17,19)(H,20,21). The van der Waals surface area contributed by atoms with Crippen LogP contribution in [0.5, 0.6) is 0 Å². The maximum absolute atomic E-state index is 11.4. The van der Waals surface area contributed by atoms with Crippen molar-refractivity contribution in [2.45, 2.75) is 45.2 Å². The van der Waals surface area contributed by atoms with Crippen molar-refractivity contribution in [3.8, 4) is 0 Å². The third kappa shape index (κ3) is 4.56. The lowest BCUT2D eigenvalue weighted by Crippen LogP contribution is -2.40. The average Bonchev–Trinajstić information content (AvgIpc) is 2.66. The molecule has 5 heteroatoms. The van der Waals surface area contributed by atoms with Crippen LogP contribution >= 0.6 is 0 Å². The van der Waals surface area contributed by atoms with Crippen molar-refractivity contribution in [2.75, 3.05) is 11.9 Å². The van der Waals surface area contributed by atoms with E-state index in [1.54, 1.807) is 0 Å². The number of carboxylic acid groups (broad SMARTS) is 1. The van der Waals surface area contributed by atoms with Crippen molar-refractivity contribution in [2.24, 2.45) is 0 Å². The quantitative estimate of drug-likeness (QED) is 0.893. The molecule has 1 aromatic carbocycles. The number of rotatable bonds is 4. The number of benzene rings is 1. The summed E-state index contributed by atoms with van der Waals surface area (Å²) < 4.78 is 0. The molecular weight excluding hydrogens is 268 g/mol. The number of nitrogens with one attached hydrogen (secondary N) is 1. The predicted molar refractivity (Wildman–Crippen MR) is 81.0 cm³/mol. The smallest absolute Gasteiger partial charge is 0.320 e. The van der Waals surface area contributed by atoms with E-state index in [0.717, 1.165) is 43.5 Å². The number of carbonyl (C=O) groups excluding carboxylic acids is 1. The van der Waals surface area contributed by atoms with Crippen molar-refractivity contribution in [1.82, 2.24) is 4.90 Å². The first-order chi connectivity index (χ1) is 10.1. The molecule has 1 unspecified atom stereocenters. The molecule has 0 radical (unpaired) electrons. The van der Waals surface area contributed by atoms with Crippen molar-refractivity contribution in [3.63, 3.8) is 0 Å². The summed E-state index contributed by atoms with van der Waals surface area (Å²) in [6.07, 6.45) is 3.85. The molecule has 0 aromatic heterocycles. The van der Waals surface area contributed by atoms with E-state index in [4.69, 9.17) is 0 Å². The molecule has 1 saturated heterocycles. The van der Waals surface area contributed by atoms with Crippen LogP contribution in [0, 0.1) is 0 Å². The Labute approximate surface area is 125 Å². The molecule has 1 fully saturated rings. The van der Waals surface area contributed by atoms with Gasteiger partial charge in [-0.2, -0.15) is 0 Å². The minimum Gasteiger partial charge on any atom is -0.480 e. The predicted octanol–water partition coefficient (Wildman–Crippen LogP) is 2.47. The highest BCUT2D eigenvalue weighted by Gasteiger charge is 2.26. The van der Waals surface area contributed by atoms with Crippen LogP contribution in [0.1, 0.15) is 38.2 Å². The van der Waals surface area contributed by atoms with Crippen LogP contribution in [0.3, 0.4) is 0 Å². The van der Waals surface area contributed by atoms with E-state index in [1.165, 1.54) is 6.92 Å². The van der Waals surface area contributed by atoms with Gasteiger partial charge in [-0.15, -0.1) is 0 Å². The minimum atomic E-state index is -0.730. The summed E-state index contributed by atoms with van der Waals surface area (Å²) in [6.45, 7) is 2.93. The fraction of sp³-hybridized carbons (Fsp3) is 0.500.